The largest absolute Gasteiger partial charge is 0.486 e. The Morgan fingerprint density at radius 2 is 1.74 bits per heavy atom. The van der Waals surface area contributed by atoms with Crippen molar-refractivity contribution in [3.8, 4) is 17.2 Å². The smallest absolute Gasteiger partial charge is 0.337 e. The molecule has 0 radical (unpaired) electrons. The molecule has 4 rings (SSSR count). The summed E-state index contributed by atoms with van der Waals surface area (Å²) in [5.74, 6) is -0.246. The number of carbonyl (C=O) groups is 1. The molecule has 1 heterocycles. The summed E-state index contributed by atoms with van der Waals surface area (Å²) >= 11 is 0. The molecule has 0 saturated heterocycles. The third-order valence-corrected chi connectivity index (χ3v) is 4.64. The van der Waals surface area contributed by atoms with Gasteiger partial charge in [0.2, 0.25) is 0 Å². The predicted octanol–water partition coefficient (Wildman–Crippen LogP) is 5.01. The Labute approximate surface area is 176 Å². The van der Waals surface area contributed by atoms with Gasteiger partial charge in [0, 0.05) is 31.3 Å². The second kappa shape index (κ2) is 8.43. The first kappa shape index (κ1) is 20.3. The van der Waals surface area contributed by atoms with Crippen LogP contribution in [0.1, 0.15) is 16.2 Å². The van der Waals surface area contributed by atoms with Crippen molar-refractivity contribution in [3.63, 3.8) is 0 Å². The molecule has 158 valence electrons. The van der Waals surface area contributed by atoms with Gasteiger partial charge in [-0.15, -0.1) is 0 Å². The second-order valence-corrected chi connectivity index (χ2v) is 6.75. The molecule has 0 aliphatic carbocycles. The van der Waals surface area contributed by atoms with Crippen molar-refractivity contribution in [2.45, 2.75) is 6.61 Å². The minimum Gasteiger partial charge on any atom is -0.486 e. The molecular formula is C23H18F2N2O4. The van der Waals surface area contributed by atoms with Gasteiger partial charge in [-0.25, -0.2) is 18.6 Å². The fourth-order valence-corrected chi connectivity index (χ4v) is 3.11. The zero-order valence-corrected chi connectivity index (χ0v) is 16.8. The molecule has 8 heteroatoms. The Bertz CT molecular complexity index is 1250. The number of esters is 1. The highest BCUT2D eigenvalue weighted by molar-refractivity contribution is 5.89. The monoisotopic (exact) mass is 424 g/mol. The summed E-state index contributed by atoms with van der Waals surface area (Å²) in [6, 6.07) is 14.8. The molecule has 0 N–H and O–H groups in total. The summed E-state index contributed by atoms with van der Waals surface area (Å²) in [6.45, 7) is 0.168. The summed E-state index contributed by atoms with van der Waals surface area (Å²) in [4.78, 5) is 16.2. The van der Waals surface area contributed by atoms with Crippen LogP contribution in [0.2, 0.25) is 0 Å². The minimum absolute atomic E-state index is 0.0630. The van der Waals surface area contributed by atoms with Gasteiger partial charge in [0.1, 0.15) is 41.3 Å². The van der Waals surface area contributed by atoms with Gasteiger partial charge in [-0.2, -0.15) is 0 Å². The molecule has 0 atom stereocenters. The first-order chi connectivity index (χ1) is 14.9. The fraction of sp³-hybridized carbons (Fsp3) is 0.130. The average Bonchev–Trinajstić information content (AvgIpc) is 3.06. The van der Waals surface area contributed by atoms with E-state index in [0.29, 0.717) is 28.4 Å². The van der Waals surface area contributed by atoms with E-state index in [2.05, 4.69) is 4.98 Å². The van der Waals surface area contributed by atoms with E-state index in [9.17, 15) is 13.6 Å². The normalized spacial score (nSPS) is 10.8. The molecule has 6 nitrogen and oxygen atoms in total. The van der Waals surface area contributed by atoms with Crippen molar-refractivity contribution in [3.05, 3.63) is 83.7 Å². The summed E-state index contributed by atoms with van der Waals surface area (Å²) in [6.07, 6.45) is 0. The number of nitrogens with zero attached hydrogens (tertiary/aromatic N) is 2. The lowest BCUT2D eigenvalue weighted by Gasteiger charge is -2.08. The number of ether oxygens (including phenoxy) is 3. The number of hydrogen-bond donors (Lipinski definition) is 0. The highest BCUT2D eigenvalue weighted by Gasteiger charge is 2.12. The second-order valence-electron chi connectivity index (χ2n) is 6.75. The Morgan fingerprint density at radius 1 is 0.968 bits per heavy atom. The van der Waals surface area contributed by atoms with Crippen LogP contribution >= 0.6 is 0 Å². The number of fused-ring (bicyclic) bond motifs is 1. The van der Waals surface area contributed by atoms with Crippen LogP contribution in [-0.2, 0) is 18.4 Å². The zero-order valence-electron chi connectivity index (χ0n) is 16.8. The minimum atomic E-state index is -0.715. The van der Waals surface area contributed by atoms with E-state index in [1.165, 1.54) is 7.11 Å². The predicted molar refractivity (Wildman–Crippen MR) is 109 cm³/mol. The molecule has 0 saturated carbocycles. The van der Waals surface area contributed by atoms with Crippen molar-refractivity contribution >= 4 is 17.0 Å². The molecule has 4 aromatic rings. The van der Waals surface area contributed by atoms with Gasteiger partial charge in [0.05, 0.1) is 23.7 Å². The maximum atomic E-state index is 13.4. The number of carbonyl (C=O) groups excluding carboxylic acids is 1. The van der Waals surface area contributed by atoms with Crippen LogP contribution in [-0.4, -0.2) is 22.6 Å². The van der Waals surface area contributed by atoms with Crippen LogP contribution in [0.15, 0.2) is 60.7 Å². The van der Waals surface area contributed by atoms with E-state index in [0.717, 1.165) is 23.7 Å². The lowest BCUT2D eigenvalue weighted by molar-refractivity contribution is 0.0600. The lowest BCUT2D eigenvalue weighted by atomic mass is 10.2. The topological polar surface area (TPSA) is 62.6 Å². The molecule has 0 spiro atoms. The van der Waals surface area contributed by atoms with E-state index >= 15 is 0 Å². The van der Waals surface area contributed by atoms with E-state index < -0.39 is 17.6 Å². The number of halogens is 2. The number of benzene rings is 3. The number of aryl methyl sites for hydroxylation is 1. The third kappa shape index (κ3) is 4.48. The maximum Gasteiger partial charge on any atom is 0.337 e. The Balaban J connectivity index is 1.53. The molecule has 0 aliphatic rings. The molecule has 0 bridgehead atoms. The summed E-state index contributed by atoms with van der Waals surface area (Å²) in [5, 5.41) is 0. The van der Waals surface area contributed by atoms with Crippen LogP contribution in [0.3, 0.4) is 0 Å². The van der Waals surface area contributed by atoms with Crippen molar-refractivity contribution < 1.29 is 27.8 Å². The number of aromatic nitrogens is 2. The van der Waals surface area contributed by atoms with Crippen molar-refractivity contribution in [1.29, 1.82) is 0 Å². The van der Waals surface area contributed by atoms with E-state index in [4.69, 9.17) is 14.2 Å². The van der Waals surface area contributed by atoms with Gasteiger partial charge in [0.25, 0.3) is 0 Å². The molecule has 0 aliphatic heterocycles. The van der Waals surface area contributed by atoms with Gasteiger partial charge in [0.15, 0.2) is 0 Å². The molecular weight excluding hydrogens is 406 g/mol. The SMILES string of the molecule is COC(=O)c1cccc(OCc2nc3ccc(Oc4cc(F)cc(F)c4)cc3n2C)c1. The van der Waals surface area contributed by atoms with E-state index in [1.54, 1.807) is 42.5 Å². The van der Waals surface area contributed by atoms with Gasteiger partial charge >= 0.3 is 5.97 Å². The summed E-state index contributed by atoms with van der Waals surface area (Å²) in [5.41, 5.74) is 1.86. The van der Waals surface area contributed by atoms with Gasteiger partial charge in [-0.3, -0.25) is 0 Å². The Morgan fingerprint density at radius 3 is 2.48 bits per heavy atom. The fourth-order valence-electron chi connectivity index (χ4n) is 3.11. The standard InChI is InChI=1S/C23H18F2N2O4/c1-27-21-12-18(31-19-10-15(24)9-16(25)11-19)6-7-20(21)26-22(27)13-30-17-5-3-4-14(8-17)23(28)29-2/h3-12H,13H2,1-2H3. The number of imidazole rings is 1. The molecule has 1 aromatic heterocycles. The molecule has 3 aromatic carbocycles. The van der Waals surface area contributed by atoms with Crippen molar-refractivity contribution in [2.24, 2.45) is 7.05 Å². The van der Waals surface area contributed by atoms with E-state index in [-0.39, 0.29) is 12.4 Å². The quantitative estimate of drug-likeness (QED) is 0.407. The van der Waals surface area contributed by atoms with Gasteiger partial charge in [-0.05, 0) is 30.3 Å². The molecule has 0 amide bonds. The zero-order chi connectivity index (χ0) is 22.0. The highest BCUT2D eigenvalue weighted by Crippen LogP contribution is 2.27. The first-order valence-electron chi connectivity index (χ1n) is 9.33. The average molecular weight is 424 g/mol. The van der Waals surface area contributed by atoms with Crippen LogP contribution in [0.4, 0.5) is 8.78 Å². The van der Waals surface area contributed by atoms with Crippen molar-refractivity contribution in [1.82, 2.24) is 9.55 Å². The van der Waals surface area contributed by atoms with Crippen LogP contribution in [0.25, 0.3) is 11.0 Å². The Kier molecular flexibility index (Phi) is 5.53. The Hall–Kier alpha value is -3.94. The maximum absolute atomic E-state index is 13.4. The van der Waals surface area contributed by atoms with Crippen LogP contribution in [0.5, 0.6) is 17.2 Å². The number of hydrogen-bond acceptors (Lipinski definition) is 5. The molecule has 0 fully saturated rings. The van der Waals surface area contributed by atoms with Gasteiger partial charge < -0.3 is 18.8 Å². The molecule has 0 unspecified atom stereocenters. The summed E-state index contributed by atoms with van der Waals surface area (Å²) < 4.78 is 44.7. The lowest BCUT2D eigenvalue weighted by Crippen LogP contribution is -2.05. The first-order valence-corrected chi connectivity index (χ1v) is 9.33. The number of rotatable bonds is 6. The molecule has 31 heavy (non-hydrogen) atoms. The van der Waals surface area contributed by atoms with E-state index in [1.807, 2.05) is 11.6 Å². The third-order valence-electron chi connectivity index (χ3n) is 4.64. The summed E-state index contributed by atoms with van der Waals surface area (Å²) in [7, 11) is 3.14. The van der Waals surface area contributed by atoms with Gasteiger partial charge in [-0.1, -0.05) is 6.07 Å². The van der Waals surface area contributed by atoms with Crippen LogP contribution < -0.4 is 9.47 Å². The number of methoxy groups -OCH3 is 1. The highest BCUT2D eigenvalue weighted by atomic mass is 19.1. The van der Waals surface area contributed by atoms with Crippen LogP contribution in [0, 0.1) is 11.6 Å². The van der Waals surface area contributed by atoms with Crippen molar-refractivity contribution in [2.75, 3.05) is 7.11 Å².